The number of fused-ring (bicyclic) bond motifs is 1. The Balaban J connectivity index is 0.980. The number of carbonyl (C=O) groups excluding carboxylic acids is 4. The van der Waals surface area contributed by atoms with E-state index >= 15 is 0 Å². The standard InChI is InChI=1S/C32H36N6O4/c39-28-12-11-27(30(40)35-28)38-31(41)24-5-2-6-25(29(24)32(38)42)33-17-21-18-34-37(19-21)23-13-15-36(16-14-23)26(22-3-1-4-22)10-9-20-7-8-20/h2,5-6,18-20,22-23,26-27,33H,1,3-4,7-8,11-17H2,(H,35,39,40). The summed E-state index contributed by atoms with van der Waals surface area (Å²) >= 11 is 0. The molecule has 0 bridgehead atoms. The highest BCUT2D eigenvalue weighted by molar-refractivity contribution is 6.25. The minimum Gasteiger partial charge on any atom is -0.380 e. The maximum Gasteiger partial charge on any atom is 0.264 e. The molecule has 1 aromatic carbocycles. The molecule has 2 unspecified atom stereocenters. The molecule has 218 valence electrons. The van der Waals surface area contributed by atoms with Crippen molar-refractivity contribution in [2.45, 2.75) is 82.5 Å². The Bertz CT molecular complexity index is 1490. The Morgan fingerprint density at radius 1 is 1.00 bits per heavy atom. The van der Waals surface area contributed by atoms with Gasteiger partial charge in [-0.3, -0.25) is 39.0 Å². The third-order valence-electron chi connectivity index (χ3n) is 9.48. The van der Waals surface area contributed by atoms with Crippen LogP contribution in [-0.2, 0) is 16.1 Å². The minimum absolute atomic E-state index is 0.0908. The van der Waals surface area contributed by atoms with E-state index in [4.69, 9.17) is 0 Å². The van der Waals surface area contributed by atoms with Crippen molar-refractivity contribution in [2.24, 2.45) is 11.8 Å². The Morgan fingerprint density at radius 2 is 1.81 bits per heavy atom. The van der Waals surface area contributed by atoms with Gasteiger partial charge < -0.3 is 5.32 Å². The topological polar surface area (TPSA) is 117 Å². The molecule has 2 atom stereocenters. The van der Waals surface area contributed by atoms with E-state index in [0.717, 1.165) is 42.3 Å². The smallest absolute Gasteiger partial charge is 0.264 e. The van der Waals surface area contributed by atoms with Crippen LogP contribution in [0.2, 0.25) is 0 Å². The van der Waals surface area contributed by atoms with Gasteiger partial charge in [0.25, 0.3) is 11.8 Å². The van der Waals surface area contributed by atoms with E-state index in [2.05, 4.69) is 43.4 Å². The molecular formula is C32H36N6O4. The molecule has 2 aliphatic carbocycles. The summed E-state index contributed by atoms with van der Waals surface area (Å²) in [6.45, 7) is 2.51. The summed E-state index contributed by atoms with van der Waals surface area (Å²) in [7, 11) is 0. The van der Waals surface area contributed by atoms with E-state index in [0.29, 0.717) is 30.2 Å². The lowest BCUT2D eigenvalue weighted by Crippen LogP contribution is -2.54. The van der Waals surface area contributed by atoms with Gasteiger partial charge in [0.15, 0.2) is 0 Å². The number of aromatic nitrogens is 2. The highest BCUT2D eigenvalue weighted by Crippen LogP contribution is 2.36. The Labute approximate surface area is 245 Å². The first-order valence-electron chi connectivity index (χ1n) is 15.3. The lowest BCUT2D eigenvalue weighted by molar-refractivity contribution is -0.136. The first kappa shape index (κ1) is 26.9. The lowest BCUT2D eigenvalue weighted by Gasteiger charge is -2.41. The summed E-state index contributed by atoms with van der Waals surface area (Å²) in [4.78, 5) is 54.1. The van der Waals surface area contributed by atoms with Crippen LogP contribution in [0.1, 0.15) is 90.1 Å². The molecule has 3 aliphatic heterocycles. The summed E-state index contributed by atoms with van der Waals surface area (Å²) in [5.74, 6) is 6.53. The minimum atomic E-state index is -0.984. The number of piperidine rings is 2. The zero-order valence-corrected chi connectivity index (χ0v) is 23.7. The first-order chi connectivity index (χ1) is 20.5. The van der Waals surface area contributed by atoms with Gasteiger partial charge in [-0.2, -0.15) is 5.10 Å². The van der Waals surface area contributed by atoms with Crippen molar-refractivity contribution in [3.8, 4) is 11.8 Å². The van der Waals surface area contributed by atoms with Crippen LogP contribution in [-0.4, -0.2) is 68.4 Å². The van der Waals surface area contributed by atoms with E-state index < -0.39 is 29.7 Å². The SMILES string of the molecule is O=C1CCC(N2C(=O)c3cccc(NCc4cnn(C5CCN(C(C#CC6CC6)C6CCC6)CC5)c4)c3C2=O)C(=O)N1. The van der Waals surface area contributed by atoms with Crippen molar-refractivity contribution < 1.29 is 19.2 Å². The summed E-state index contributed by atoms with van der Waals surface area (Å²) in [6.07, 6.45) is 12.7. The molecule has 2 saturated carbocycles. The van der Waals surface area contributed by atoms with Crippen LogP contribution in [0.5, 0.6) is 0 Å². The molecule has 7 rings (SSSR count). The average Bonchev–Trinajstić information content (AvgIpc) is 3.61. The molecular weight excluding hydrogens is 532 g/mol. The fraction of sp³-hybridized carbons (Fsp3) is 0.531. The molecule has 0 spiro atoms. The van der Waals surface area contributed by atoms with Crippen LogP contribution >= 0.6 is 0 Å². The number of benzene rings is 1. The van der Waals surface area contributed by atoms with Crippen molar-refractivity contribution in [3.05, 3.63) is 47.3 Å². The summed E-state index contributed by atoms with van der Waals surface area (Å²) < 4.78 is 2.07. The van der Waals surface area contributed by atoms with Crippen LogP contribution in [0.15, 0.2) is 30.6 Å². The second-order valence-electron chi connectivity index (χ2n) is 12.3. The van der Waals surface area contributed by atoms with Gasteiger partial charge in [-0.1, -0.05) is 24.3 Å². The number of hydrogen-bond donors (Lipinski definition) is 2. The van der Waals surface area contributed by atoms with Crippen LogP contribution in [0.3, 0.4) is 0 Å². The van der Waals surface area contributed by atoms with Crippen LogP contribution in [0.4, 0.5) is 5.69 Å². The fourth-order valence-electron chi connectivity index (χ4n) is 6.65. The fourth-order valence-corrected chi connectivity index (χ4v) is 6.65. The number of amides is 4. The van der Waals surface area contributed by atoms with Gasteiger partial charge in [-0.25, -0.2) is 0 Å². The lowest BCUT2D eigenvalue weighted by atomic mass is 9.78. The molecule has 4 fully saturated rings. The monoisotopic (exact) mass is 568 g/mol. The van der Waals surface area contributed by atoms with Crippen molar-refractivity contribution in [2.75, 3.05) is 18.4 Å². The number of anilines is 1. The average molecular weight is 569 g/mol. The van der Waals surface area contributed by atoms with Gasteiger partial charge in [-0.15, -0.1) is 0 Å². The first-order valence-corrected chi connectivity index (χ1v) is 15.3. The molecule has 4 heterocycles. The molecule has 2 aromatic rings. The summed E-state index contributed by atoms with van der Waals surface area (Å²) in [5.41, 5.74) is 2.05. The predicted octanol–water partition coefficient (Wildman–Crippen LogP) is 3.12. The van der Waals surface area contributed by atoms with E-state index in [1.54, 1.807) is 18.2 Å². The van der Waals surface area contributed by atoms with Gasteiger partial charge in [-0.05, 0) is 63.0 Å². The Morgan fingerprint density at radius 3 is 2.52 bits per heavy atom. The normalized spacial score (nSPS) is 24.1. The molecule has 10 heteroatoms. The second-order valence-corrected chi connectivity index (χ2v) is 12.3. The predicted molar refractivity (Wildman–Crippen MR) is 154 cm³/mol. The van der Waals surface area contributed by atoms with Crippen LogP contribution < -0.4 is 10.6 Å². The molecule has 2 N–H and O–H groups in total. The Hall–Kier alpha value is -3.97. The zero-order valence-electron chi connectivity index (χ0n) is 23.7. The maximum absolute atomic E-state index is 13.4. The van der Waals surface area contributed by atoms with Gasteiger partial charge in [0.1, 0.15) is 6.04 Å². The molecule has 1 aromatic heterocycles. The van der Waals surface area contributed by atoms with E-state index in [9.17, 15) is 19.2 Å². The van der Waals surface area contributed by atoms with Gasteiger partial charge in [0.2, 0.25) is 11.8 Å². The van der Waals surface area contributed by atoms with Crippen LogP contribution in [0, 0.1) is 23.7 Å². The van der Waals surface area contributed by atoms with Crippen molar-refractivity contribution >= 4 is 29.3 Å². The molecule has 42 heavy (non-hydrogen) atoms. The summed E-state index contributed by atoms with van der Waals surface area (Å²) in [6, 6.07) is 4.86. The largest absolute Gasteiger partial charge is 0.380 e. The Kier molecular flexibility index (Phi) is 7.06. The molecule has 2 saturated heterocycles. The molecule has 0 radical (unpaired) electrons. The number of nitrogens with one attached hydrogen (secondary N) is 2. The number of nitrogens with zero attached hydrogens (tertiary/aromatic N) is 4. The van der Waals surface area contributed by atoms with Gasteiger partial charge >= 0.3 is 0 Å². The van der Waals surface area contributed by atoms with E-state index in [1.165, 1.54) is 32.1 Å². The highest BCUT2D eigenvalue weighted by Gasteiger charge is 2.45. The third kappa shape index (κ3) is 5.11. The molecule has 4 amide bonds. The summed E-state index contributed by atoms with van der Waals surface area (Å²) in [5, 5.41) is 10.2. The van der Waals surface area contributed by atoms with Gasteiger partial charge in [0, 0.05) is 49.4 Å². The van der Waals surface area contributed by atoms with E-state index in [1.807, 2.05) is 6.20 Å². The molecule has 10 nitrogen and oxygen atoms in total. The zero-order chi connectivity index (χ0) is 28.8. The van der Waals surface area contributed by atoms with Crippen LogP contribution in [0.25, 0.3) is 0 Å². The van der Waals surface area contributed by atoms with Gasteiger partial charge in [0.05, 0.1) is 29.4 Å². The number of likely N-dealkylation sites (tertiary alicyclic amines) is 1. The molecule has 5 aliphatic rings. The van der Waals surface area contributed by atoms with Crippen molar-refractivity contribution in [1.29, 1.82) is 0 Å². The number of imide groups is 2. The van der Waals surface area contributed by atoms with Crippen molar-refractivity contribution in [3.63, 3.8) is 0 Å². The highest BCUT2D eigenvalue weighted by atomic mass is 16.2. The third-order valence-corrected chi connectivity index (χ3v) is 9.48. The number of carbonyl (C=O) groups is 4. The maximum atomic E-state index is 13.4. The number of hydrogen-bond acceptors (Lipinski definition) is 7. The quantitative estimate of drug-likeness (QED) is 0.390. The van der Waals surface area contributed by atoms with Crippen molar-refractivity contribution in [1.82, 2.24) is 24.9 Å². The number of rotatable bonds is 7. The van der Waals surface area contributed by atoms with E-state index in [-0.39, 0.29) is 24.0 Å². The second kappa shape index (κ2) is 11.0.